The van der Waals surface area contributed by atoms with Crippen LogP contribution in [0.25, 0.3) is 5.57 Å². The summed E-state index contributed by atoms with van der Waals surface area (Å²) in [4.78, 5) is 29.5. The number of aliphatic hydroxyl groups is 1. The number of carbonyl (C=O) groups excluding carboxylic acids is 2. The molecule has 6 nitrogen and oxygen atoms in total. The summed E-state index contributed by atoms with van der Waals surface area (Å²) in [6.45, 7) is 0.216. The summed E-state index contributed by atoms with van der Waals surface area (Å²) in [6, 6.07) is 7.14. The Bertz CT molecular complexity index is 705. The zero-order valence-corrected chi connectivity index (χ0v) is 15.4. The molecule has 3 rings (SSSR count). The van der Waals surface area contributed by atoms with Gasteiger partial charge in [-0.05, 0) is 30.5 Å². The molecule has 2 amide bonds. The second-order valence-electron chi connectivity index (χ2n) is 6.87. The fraction of sp³-hybridized carbons (Fsp3) is 0.500. The maximum atomic E-state index is 13.2. The van der Waals surface area contributed by atoms with Crippen molar-refractivity contribution in [2.75, 3.05) is 27.3 Å². The van der Waals surface area contributed by atoms with E-state index < -0.39 is 0 Å². The minimum atomic E-state index is -0.247. The number of amides is 2. The molecule has 1 heterocycles. The molecule has 1 aromatic rings. The van der Waals surface area contributed by atoms with E-state index in [1.165, 1.54) is 4.90 Å². The van der Waals surface area contributed by atoms with E-state index in [4.69, 9.17) is 4.74 Å². The standard InChI is InChI=1S/C20H26N2O4/c1-21(12-13-23)18-17(14-8-10-16(26-2)11-9-14)19(24)22(20(18)25)15-6-4-3-5-7-15/h8-11,15,23H,3-7,12-13H2,1-2H3. The molecule has 0 bridgehead atoms. The summed E-state index contributed by atoms with van der Waals surface area (Å²) in [6.07, 6.45) is 4.97. The lowest BCUT2D eigenvalue weighted by molar-refractivity contribution is -0.140. The molecule has 1 fully saturated rings. The molecule has 0 atom stereocenters. The molecule has 26 heavy (non-hydrogen) atoms. The van der Waals surface area contributed by atoms with Crippen LogP contribution in [0.3, 0.4) is 0 Å². The smallest absolute Gasteiger partial charge is 0.278 e. The predicted octanol–water partition coefficient (Wildman–Crippen LogP) is 2.03. The second-order valence-corrected chi connectivity index (χ2v) is 6.87. The molecule has 140 valence electrons. The Labute approximate surface area is 154 Å². The van der Waals surface area contributed by atoms with Crippen LogP contribution in [0.2, 0.25) is 0 Å². The number of nitrogens with zero attached hydrogens (tertiary/aromatic N) is 2. The predicted molar refractivity (Wildman–Crippen MR) is 98.4 cm³/mol. The fourth-order valence-electron chi connectivity index (χ4n) is 3.84. The molecule has 2 aliphatic rings. The largest absolute Gasteiger partial charge is 0.497 e. The lowest BCUT2D eigenvalue weighted by Crippen LogP contribution is -2.43. The number of ether oxygens (including phenoxy) is 1. The highest BCUT2D eigenvalue weighted by molar-refractivity contribution is 6.35. The van der Waals surface area contributed by atoms with Crippen molar-refractivity contribution in [2.45, 2.75) is 38.1 Å². The van der Waals surface area contributed by atoms with E-state index in [-0.39, 0.29) is 24.5 Å². The number of aliphatic hydroxyl groups excluding tert-OH is 1. The molecule has 1 aromatic carbocycles. The van der Waals surface area contributed by atoms with Crippen molar-refractivity contribution in [3.8, 4) is 5.75 Å². The molecule has 1 aliphatic carbocycles. The Balaban J connectivity index is 2.01. The van der Waals surface area contributed by atoms with Crippen LogP contribution in [-0.4, -0.2) is 60.1 Å². The summed E-state index contributed by atoms with van der Waals surface area (Å²) < 4.78 is 5.19. The Hall–Kier alpha value is -2.34. The van der Waals surface area contributed by atoms with Gasteiger partial charge >= 0.3 is 0 Å². The van der Waals surface area contributed by atoms with Crippen LogP contribution in [0, 0.1) is 0 Å². The molecule has 0 radical (unpaired) electrons. The molecular weight excluding hydrogens is 332 g/mol. The number of benzene rings is 1. The van der Waals surface area contributed by atoms with Gasteiger partial charge in [-0.25, -0.2) is 0 Å². The van der Waals surface area contributed by atoms with E-state index in [9.17, 15) is 14.7 Å². The number of carbonyl (C=O) groups is 2. The van der Waals surface area contributed by atoms with Crippen molar-refractivity contribution < 1.29 is 19.4 Å². The number of hydrogen-bond donors (Lipinski definition) is 1. The van der Waals surface area contributed by atoms with Gasteiger partial charge < -0.3 is 14.7 Å². The molecule has 6 heteroatoms. The minimum Gasteiger partial charge on any atom is -0.497 e. The van der Waals surface area contributed by atoms with Gasteiger partial charge in [0, 0.05) is 19.6 Å². The quantitative estimate of drug-likeness (QED) is 0.788. The first kappa shape index (κ1) is 18.5. The summed E-state index contributed by atoms with van der Waals surface area (Å²) in [7, 11) is 3.33. The zero-order chi connectivity index (χ0) is 18.7. The van der Waals surface area contributed by atoms with Crippen LogP contribution < -0.4 is 4.74 Å². The first-order valence-corrected chi connectivity index (χ1v) is 9.17. The SMILES string of the molecule is COc1ccc(C2=C(N(C)CCO)C(=O)N(C3CCCCC3)C2=O)cc1. The van der Waals surface area contributed by atoms with E-state index in [0.717, 1.165) is 32.1 Å². The van der Waals surface area contributed by atoms with Gasteiger partial charge in [-0.15, -0.1) is 0 Å². The Morgan fingerprint density at radius 3 is 2.35 bits per heavy atom. The topological polar surface area (TPSA) is 70.1 Å². The van der Waals surface area contributed by atoms with Crippen molar-refractivity contribution in [3.05, 3.63) is 35.5 Å². The van der Waals surface area contributed by atoms with Gasteiger partial charge in [0.2, 0.25) is 0 Å². The molecular formula is C20H26N2O4. The van der Waals surface area contributed by atoms with Crippen LogP contribution in [0.4, 0.5) is 0 Å². The number of likely N-dealkylation sites (N-methyl/N-ethyl adjacent to an activating group) is 1. The fourth-order valence-corrected chi connectivity index (χ4v) is 3.84. The minimum absolute atomic E-state index is 0.0305. The summed E-state index contributed by atoms with van der Waals surface area (Å²) >= 11 is 0. The van der Waals surface area contributed by atoms with Gasteiger partial charge in [-0.3, -0.25) is 14.5 Å². The van der Waals surface area contributed by atoms with Gasteiger partial charge in [0.1, 0.15) is 11.4 Å². The molecule has 1 saturated carbocycles. The Morgan fingerprint density at radius 1 is 1.12 bits per heavy atom. The zero-order valence-electron chi connectivity index (χ0n) is 15.4. The van der Waals surface area contributed by atoms with Crippen LogP contribution in [0.1, 0.15) is 37.7 Å². The third-order valence-corrected chi connectivity index (χ3v) is 5.23. The van der Waals surface area contributed by atoms with Crippen molar-refractivity contribution >= 4 is 17.4 Å². The van der Waals surface area contributed by atoms with Crippen LogP contribution in [-0.2, 0) is 9.59 Å². The molecule has 0 unspecified atom stereocenters. The number of rotatable bonds is 6. The molecule has 0 saturated heterocycles. The highest BCUT2D eigenvalue weighted by Crippen LogP contribution is 2.36. The number of imide groups is 1. The summed E-state index contributed by atoms with van der Waals surface area (Å²) in [5, 5.41) is 9.30. The van der Waals surface area contributed by atoms with Crippen LogP contribution in [0.15, 0.2) is 30.0 Å². The maximum Gasteiger partial charge on any atom is 0.278 e. The van der Waals surface area contributed by atoms with E-state index in [2.05, 4.69) is 0 Å². The van der Waals surface area contributed by atoms with E-state index in [0.29, 0.717) is 29.1 Å². The van der Waals surface area contributed by atoms with Gasteiger partial charge in [0.05, 0.1) is 19.3 Å². The van der Waals surface area contributed by atoms with E-state index >= 15 is 0 Å². The van der Waals surface area contributed by atoms with E-state index in [1.807, 2.05) is 0 Å². The molecule has 1 N–H and O–H groups in total. The summed E-state index contributed by atoms with van der Waals surface area (Å²) in [5.41, 5.74) is 1.49. The van der Waals surface area contributed by atoms with Crippen molar-refractivity contribution in [1.82, 2.24) is 9.80 Å². The molecule has 0 spiro atoms. The normalized spacial score (nSPS) is 18.7. The second kappa shape index (κ2) is 7.91. The van der Waals surface area contributed by atoms with Gasteiger partial charge in [0.25, 0.3) is 11.8 Å². The Morgan fingerprint density at radius 2 is 1.77 bits per heavy atom. The van der Waals surface area contributed by atoms with Crippen molar-refractivity contribution in [1.29, 1.82) is 0 Å². The Kier molecular flexibility index (Phi) is 5.61. The van der Waals surface area contributed by atoms with E-state index in [1.54, 1.807) is 43.3 Å². The van der Waals surface area contributed by atoms with Crippen molar-refractivity contribution in [2.24, 2.45) is 0 Å². The highest BCUT2D eigenvalue weighted by atomic mass is 16.5. The number of methoxy groups -OCH3 is 1. The molecule has 0 aromatic heterocycles. The van der Waals surface area contributed by atoms with Crippen LogP contribution >= 0.6 is 0 Å². The monoisotopic (exact) mass is 358 g/mol. The highest BCUT2D eigenvalue weighted by Gasteiger charge is 2.44. The first-order chi connectivity index (χ1) is 12.6. The summed E-state index contributed by atoms with van der Waals surface area (Å²) in [5.74, 6) is 0.219. The average molecular weight is 358 g/mol. The van der Waals surface area contributed by atoms with Gasteiger partial charge in [0.15, 0.2) is 0 Å². The number of hydrogen-bond acceptors (Lipinski definition) is 5. The maximum absolute atomic E-state index is 13.2. The first-order valence-electron chi connectivity index (χ1n) is 9.17. The van der Waals surface area contributed by atoms with Gasteiger partial charge in [-0.1, -0.05) is 31.4 Å². The third-order valence-electron chi connectivity index (χ3n) is 5.23. The third kappa shape index (κ3) is 3.33. The lowest BCUT2D eigenvalue weighted by Gasteiger charge is -2.30. The van der Waals surface area contributed by atoms with Crippen LogP contribution in [0.5, 0.6) is 5.75 Å². The molecule has 1 aliphatic heterocycles. The average Bonchev–Trinajstić information content (AvgIpc) is 2.93. The lowest BCUT2D eigenvalue weighted by atomic mass is 9.94. The van der Waals surface area contributed by atoms with Gasteiger partial charge in [-0.2, -0.15) is 0 Å². The van der Waals surface area contributed by atoms with Crippen molar-refractivity contribution in [3.63, 3.8) is 0 Å².